The van der Waals surface area contributed by atoms with Crippen LogP contribution in [0.5, 0.6) is 0 Å². The normalized spacial score (nSPS) is 21.5. The molecule has 130 valence electrons. The van der Waals surface area contributed by atoms with Gasteiger partial charge in [0.15, 0.2) is 0 Å². The van der Waals surface area contributed by atoms with Crippen LogP contribution >= 0.6 is 0 Å². The Labute approximate surface area is 142 Å². The van der Waals surface area contributed by atoms with Crippen molar-refractivity contribution in [2.75, 3.05) is 18.0 Å². The lowest BCUT2D eigenvalue weighted by Crippen LogP contribution is -2.47. The maximum absolute atomic E-state index is 11.2. The summed E-state index contributed by atoms with van der Waals surface area (Å²) in [7, 11) is 0. The van der Waals surface area contributed by atoms with E-state index in [1.165, 1.54) is 0 Å². The predicted molar refractivity (Wildman–Crippen MR) is 91.9 cm³/mol. The van der Waals surface area contributed by atoms with Gasteiger partial charge in [-0.3, -0.25) is 0 Å². The van der Waals surface area contributed by atoms with Gasteiger partial charge in [-0.1, -0.05) is 12.1 Å². The predicted octanol–water partition coefficient (Wildman–Crippen LogP) is 2.01. The Morgan fingerprint density at radius 2 is 2.12 bits per heavy atom. The average molecular weight is 330 g/mol. The molecule has 1 N–H and O–H groups in total. The van der Waals surface area contributed by atoms with Gasteiger partial charge in [0, 0.05) is 24.3 Å². The Bertz CT molecular complexity index is 713. The molecule has 3 heterocycles. The zero-order valence-electron chi connectivity index (χ0n) is 14.9. The molecule has 0 aromatic carbocycles. The van der Waals surface area contributed by atoms with Crippen LogP contribution in [0.4, 0.5) is 5.82 Å². The van der Waals surface area contributed by atoms with E-state index >= 15 is 0 Å². The van der Waals surface area contributed by atoms with Crippen LogP contribution in [0, 0.1) is 6.92 Å². The second-order valence-corrected chi connectivity index (χ2v) is 6.85. The zero-order chi connectivity index (χ0) is 17.3. The van der Waals surface area contributed by atoms with Crippen molar-refractivity contribution in [3.63, 3.8) is 0 Å². The van der Waals surface area contributed by atoms with Gasteiger partial charge in [-0.25, -0.2) is 14.6 Å². The summed E-state index contributed by atoms with van der Waals surface area (Å²) in [6.45, 7) is 9.44. The van der Waals surface area contributed by atoms with Gasteiger partial charge in [0.2, 0.25) is 0 Å². The Kier molecular flexibility index (Phi) is 4.54. The Morgan fingerprint density at radius 3 is 2.79 bits per heavy atom. The first-order valence-corrected chi connectivity index (χ1v) is 8.65. The number of hydrogen-bond acceptors (Lipinski definition) is 6. The molecule has 0 aliphatic carbocycles. The number of aryl methyl sites for hydroxylation is 2. The topological polar surface area (TPSA) is 80.0 Å². The molecule has 2 aromatic rings. The summed E-state index contributed by atoms with van der Waals surface area (Å²) < 4.78 is 1.79. The average Bonchev–Trinajstić information content (AvgIpc) is 3.05. The van der Waals surface area contributed by atoms with E-state index in [2.05, 4.69) is 32.1 Å². The molecule has 0 bridgehead atoms. The Morgan fingerprint density at radius 1 is 1.33 bits per heavy atom. The van der Waals surface area contributed by atoms with Crippen LogP contribution in [0.15, 0.2) is 12.3 Å². The van der Waals surface area contributed by atoms with E-state index in [-0.39, 0.29) is 6.04 Å². The smallest absolute Gasteiger partial charge is 0.132 e. The van der Waals surface area contributed by atoms with Crippen molar-refractivity contribution < 1.29 is 5.11 Å². The molecular weight excluding hydrogens is 304 g/mol. The SMILES string of the molecule is CCc1cc(N2CCC[C@@](O)(c3cn(C(C)C)nn3)C2)nc(C)n1. The van der Waals surface area contributed by atoms with Crippen LogP contribution in [0.2, 0.25) is 0 Å². The van der Waals surface area contributed by atoms with Crippen LogP contribution in [0.1, 0.15) is 56.9 Å². The quantitative estimate of drug-likeness (QED) is 0.924. The molecule has 0 radical (unpaired) electrons. The highest BCUT2D eigenvalue weighted by atomic mass is 16.3. The fourth-order valence-electron chi connectivity index (χ4n) is 3.14. The van der Waals surface area contributed by atoms with Crippen LogP contribution in [0.3, 0.4) is 0 Å². The molecular formula is C17H26N6O. The summed E-state index contributed by atoms with van der Waals surface area (Å²) in [5.74, 6) is 1.65. The Hall–Kier alpha value is -2.02. The Balaban J connectivity index is 1.86. The van der Waals surface area contributed by atoms with Gasteiger partial charge in [-0.05, 0) is 40.0 Å². The molecule has 1 aliphatic heterocycles. The number of rotatable bonds is 4. The lowest BCUT2D eigenvalue weighted by atomic mass is 9.90. The monoisotopic (exact) mass is 330 g/mol. The zero-order valence-corrected chi connectivity index (χ0v) is 14.9. The standard InChI is InChI=1S/C17H26N6O/c1-5-14-9-16(19-13(4)18-14)22-8-6-7-17(24,11-22)15-10-23(12(2)3)21-20-15/h9-10,12,24H,5-8,11H2,1-4H3/t17-/m0/s1. The lowest BCUT2D eigenvalue weighted by Gasteiger charge is -2.38. The van der Waals surface area contributed by atoms with E-state index in [4.69, 9.17) is 0 Å². The van der Waals surface area contributed by atoms with Crippen LogP contribution in [0.25, 0.3) is 0 Å². The molecule has 0 spiro atoms. The van der Waals surface area contributed by atoms with E-state index < -0.39 is 5.60 Å². The van der Waals surface area contributed by atoms with Crippen LogP contribution in [-0.4, -0.2) is 43.2 Å². The van der Waals surface area contributed by atoms with Gasteiger partial charge in [-0.15, -0.1) is 5.10 Å². The van der Waals surface area contributed by atoms with Crippen molar-refractivity contribution in [1.82, 2.24) is 25.0 Å². The molecule has 7 nitrogen and oxygen atoms in total. The molecule has 24 heavy (non-hydrogen) atoms. The third kappa shape index (κ3) is 3.26. The van der Waals surface area contributed by atoms with Crippen LogP contribution < -0.4 is 4.90 Å². The highest BCUT2D eigenvalue weighted by molar-refractivity contribution is 5.41. The molecule has 0 saturated carbocycles. The van der Waals surface area contributed by atoms with E-state index in [1.54, 1.807) is 4.68 Å². The molecule has 1 aliphatic rings. The van der Waals surface area contributed by atoms with Crippen molar-refractivity contribution in [3.05, 3.63) is 29.5 Å². The first kappa shape index (κ1) is 16.8. The number of β-amino-alcohol motifs (C(OH)–C–C–N with tert-alkyl or cyclic N) is 1. The van der Waals surface area contributed by atoms with E-state index in [9.17, 15) is 5.11 Å². The first-order valence-electron chi connectivity index (χ1n) is 8.65. The highest BCUT2D eigenvalue weighted by Crippen LogP contribution is 2.32. The number of aliphatic hydroxyl groups is 1. The highest BCUT2D eigenvalue weighted by Gasteiger charge is 2.38. The van der Waals surface area contributed by atoms with Gasteiger partial charge >= 0.3 is 0 Å². The second kappa shape index (κ2) is 6.47. The van der Waals surface area contributed by atoms with Gasteiger partial charge in [0.25, 0.3) is 0 Å². The van der Waals surface area contributed by atoms with Gasteiger partial charge in [-0.2, -0.15) is 0 Å². The van der Waals surface area contributed by atoms with Crippen molar-refractivity contribution in [3.8, 4) is 0 Å². The third-order valence-corrected chi connectivity index (χ3v) is 4.55. The van der Waals surface area contributed by atoms with Crippen molar-refractivity contribution in [2.45, 2.75) is 58.6 Å². The largest absolute Gasteiger partial charge is 0.382 e. The van der Waals surface area contributed by atoms with Crippen molar-refractivity contribution in [2.24, 2.45) is 0 Å². The summed E-state index contributed by atoms with van der Waals surface area (Å²) in [5.41, 5.74) is 0.677. The van der Waals surface area contributed by atoms with E-state index in [0.717, 1.165) is 36.7 Å². The fraction of sp³-hybridized carbons (Fsp3) is 0.647. The number of piperidine rings is 1. The number of hydrogen-bond donors (Lipinski definition) is 1. The lowest BCUT2D eigenvalue weighted by molar-refractivity contribution is 0.0174. The molecule has 1 fully saturated rings. The van der Waals surface area contributed by atoms with E-state index in [1.807, 2.05) is 33.0 Å². The van der Waals surface area contributed by atoms with Gasteiger partial charge in [0.05, 0.1) is 12.7 Å². The first-order chi connectivity index (χ1) is 11.4. The number of nitrogens with zero attached hydrogens (tertiary/aromatic N) is 6. The molecule has 7 heteroatoms. The minimum Gasteiger partial charge on any atom is -0.382 e. The van der Waals surface area contributed by atoms with Gasteiger partial charge < -0.3 is 10.0 Å². The number of aromatic nitrogens is 5. The summed E-state index contributed by atoms with van der Waals surface area (Å²) >= 11 is 0. The minimum absolute atomic E-state index is 0.228. The maximum atomic E-state index is 11.2. The molecule has 0 unspecified atom stereocenters. The molecule has 2 aromatic heterocycles. The summed E-state index contributed by atoms with van der Waals surface area (Å²) in [6.07, 6.45) is 4.30. The molecule has 1 saturated heterocycles. The van der Waals surface area contributed by atoms with Crippen molar-refractivity contribution in [1.29, 1.82) is 0 Å². The summed E-state index contributed by atoms with van der Waals surface area (Å²) in [5, 5.41) is 19.5. The van der Waals surface area contributed by atoms with E-state index in [0.29, 0.717) is 18.7 Å². The maximum Gasteiger partial charge on any atom is 0.132 e. The summed E-state index contributed by atoms with van der Waals surface area (Å²) in [4.78, 5) is 11.1. The third-order valence-electron chi connectivity index (χ3n) is 4.55. The van der Waals surface area contributed by atoms with Crippen LogP contribution in [-0.2, 0) is 12.0 Å². The fourth-order valence-corrected chi connectivity index (χ4v) is 3.14. The molecule has 3 rings (SSSR count). The second-order valence-electron chi connectivity index (χ2n) is 6.85. The molecule has 0 amide bonds. The van der Waals surface area contributed by atoms with Gasteiger partial charge in [0.1, 0.15) is 22.9 Å². The van der Waals surface area contributed by atoms with Crippen molar-refractivity contribution >= 4 is 5.82 Å². The molecule has 1 atom stereocenters. The summed E-state index contributed by atoms with van der Waals surface area (Å²) in [6, 6.07) is 2.25. The number of anilines is 1. The minimum atomic E-state index is -0.989.